The number of aromatic nitrogens is 1. The minimum atomic E-state index is -0.517. The molecule has 96 valence electrons. The Hall–Kier alpha value is -2.04. The van der Waals surface area contributed by atoms with Crippen molar-refractivity contribution in [1.82, 2.24) is 5.16 Å². The molecule has 0 fully saturated rings. The van der Waals surface area contributed by atoms with Gasteiger partial charge in [-0.05, 0) is 39.8 Å². The number of amides is 1. The Morgan fingerprint density at radius 2 is 2.11 bits per heavy atom. The number of hydrogen-bond acceptors (Lipinski definition) is 4. The largest absolute Gasteiger partial charge is 0.444 e. The summed E-state index contributed by atoms with van der Waals surface area (Å²) in [7, 11) is 0. The maximum absolute atomic E-state index is 11.6. The molecule has 0 atom stereocenters. The summed E-state index contributed by atoms with van der Waals surface area (Å²) in [5.41, 5.74) is 1.57. The molecule has 0 unspecified atom stereocenters. The van der Waals surface area contributed by atoms with E-state index in [1.54, 1.807) is 12.1 Å². The Bertz CT molecular complexity index is 581. The molecule has 1 heterocycles. The van der Waals surface area contributed by atoms with E-state index in [1.807, 2.05) is 33.8 Å². The fraction of sp³-hybridized carbons (Fsp3) is 0.385. The zero-order chi connectivity index (χ0) is 13.3. The van der Waals surface area contributed by atoms with Crippen LogP contribution in [0.2, 0.25) is 0 Å². The molecule has 0 aliphatic carbocycles. The van der Waals surface area contributed by atoms with Gasteiger partial charge < -0.3 is 9.26 Å². The van der Waals surface area contributed by atoms with Crippen molar-refractivity contribution in [2.45, 2.75) is 33.3 Å². The van der Waals surface area contributed by atoms with Crippen LogP contribution in [0.1, 0.15) is 26.5 Å². The summed E-state index contributed by atoms with van der Waals surface area (Å²) in [6.45, 7) is 7.31. The summed E-state index contributed by atoms with van der Waals surface area (Å²) in [6.07, 6.45) is -0.488. The van der Waals surface area contributed by atoms with Gasteiger partial charge in [0.1, 0.15) is 5.60 Å². The van der Waals surface area contributed by atoms with Crippen LogP contribution >= 0.6 is 0 Å². The summed E-state index contributed by atoms with van der Waals surface area (Å²) < 4.78 is 10.3. The molecule has 0 aliphatic heterocycles. The van der Waals surface area contributed by atoms with Gasteiger partial charge in [0.2, 0.25) is 0 Å². The van der Waals surface area contributed by atoms with Crippen LogP contribution in [0.25, 0.3) is 11.0 Å². The van der Waals surface area contributed by atoms with Gasteiger partial charge in [0, 0.05) is 17.1 Å². The van der Waals surface area contributed by atoms with Gasteiger partial charge in [0.05, 0.1) is 5.69 Å². The Morgan fingerprint density at radius 1 is 1.39 bits per heavy atom. The van der Waals surface area contributed by atoms with E-state index in [1.165, 1.54) is 0 Å². The third kappa shape index (κ3) is 2.80. The molecule has 0 saturated heterocycles. The van der Waals surface area contributed by atoms with Crippen molar-refractivity contribution in [2.75, 3.05) is 5.32 Å². The lowest BCUT2D eigenvalue weighted by Crippen LogP contribution is -2.27. The van der Waals surface area contributed by atoms with Crippen LogP contribution in [-0.4, -0.2) is 16.9 Å². The SMILES string of the molecule is Cc1noc2cc(NC(=O)OC(C)(C)C)ccc12. The van der Waals surface area contributed by atoms with Crippen molar-refractivity contribution in [3.05, 3.63) is 23.9 Å². The van der Waals surface area contributed by atoms with Crippen LogP contribution in [0, 0.1) is 6.92 Å². The molecular formula is C13H16N2O3. The van der Waals surface area contributed by atoms with Gasteiger partial charge >= 0.3 is 6.09 Å². The molecule has 0 aliphatic rings. The molecule has 1 N–H and O–H groups in total. The number of hydrogen-bond donors (Lipinski definition) is 1. The summed E-state index contributed by atoms with van der Waals surface area (Å²) in [5.74, 6) is 0. The topological polar surface area (TPSA) is 64.4 Å². The van der Waals surface area contributed by atoms with E-state index < -0.39 is 11.7 Å². The first-order valence-corrected chi connectivity index (χ1v) is 5.71. The van der Waals surface area contributed by atoms with Crippen molar-refractivity contribution in [1.29, 1.82) is 0 Å². The number of benzene rings is 1. The minimum Gasteiger partial charge on any atom is -0.444 e. The summed E-state index contributed by atoms with van der Waals surface area (Å²) in [6, 6.07) is 5.36. The number of aryl methyl sites for hydroxylation is 1. The van der Waals surface area contributed by atoms with Crippen molar-refractivity contribution < 1.29 is 14.1 Å². The average Bonchev–Trinajstić information content (AvgIpc) is 2.57. The molecule has 0 spiro atoms. The number of ether oxygens (including phenoxy) is 1. The van der Waals surface area contributed by atoms with Gasteiger partial charge in [-0.1, -0.05) is 5.16 Å². The van der Waals surface area contributed by atoms with Crippen molar-refractivity contribution in [2.24, 2.45) is 0 Å². The average molecular weight is 248 g/mol. The van der Waals surface area contributed by atoms with E-state index in [0.29, 0.717) is 11.3 Å². The lowest BCUT2D eigenvalue weighted by Gasteiger charge is -2.19. The van der Waals surface area contributed by atoms with Crippen LogP contribution in [0.5, 0.6) is 0 Å². The first-order chi connectivity index (χ1) is 8.35. The van der Waals surface area contributed by atoms with Crippen LogP contribution < -0.4 is 5.32 Å². The maximum Gasteiger partial charge on any atom is 0.412 e. The number of rotatable bonds is 1. The van der Waals surface area contributed by atoms with Gasteiger partial charge in [-0.2, -0.15) is 0 Å². The third-order valence-electron chi connectivity index (χ3n) is 2.30. The molecule has 5 heteroatoms. The summed E-state index contributed by atoms with van der Waals surface area (Å²) in [5, 5.41) is 7.44. The monoisotopic (exact) mass is 248 g/mol. The normalized spacial score (nSPS) is 11.6. The van der Waals surface area contributed by atoms with Crippen LogP contribution in [0.4, 0.5) is 10.5 Å². The molecule has 5 nitrogen and oxygen atoms in total. The first-order valence-electron chi connectivity index (χ1n) is 5.71. The quantitative estimate of drug-likeness (QED) is 0.839. The molecular weight excluding hydrogens is 232 g/mol. The number of carbonyl (C=O) groups is 1. The predicted molar refractivity (Wildman–Crippen MR) is 68.6 cm³/mol. The molecule has 0 saturated carbocycles. The number of nitrogens with zero attached hydrogens (tertiary/aromatic N) is 1. The molecule has 1 aromatic carbocycles. The number of nitrogens with one attached hydrogen (secondary N) is 1. The lowest BCUT2D eigenvalue weighted by molar-refractivity contribution is 0.0636. The van der Waals surface area contributed by atoms with Crippen molar-refractivity contribution in [3.8, 4) is 0 Å². The lowest BCUT2D eigenvalue weighted by atomic mass is 10.2. The van der Waals surface area contributed by atoms with Gasteiger partial charge in [-0.3, -0.25) is 5.32 Å². The van der Waals surface area contributed by atoms with Gasteiger partial charge in [0.15, 0.2) is 5.58 Å². The highest BCUT2D eigenvalue weighted by Gasteiger charge is 2.16. The van der Waals surface area contributed by atoms with Crippen molar-refractivity contribution in [3.63, 3.8) is 0 Å². The molecule has 18 heavy (non-hydrogen) atoms. The van der Waals surface area contributed by atoms with Gasteiger partial charge in [-0.15, -0.1) is 0 Å². The number of carbonyl (C=O) groups excluding carboxylic acids is 1. The smallest absolute Gasteiger partial charge is 0.412 e. The highest BCUT2D eigenvalue weighted by molar-refractivity contribution is 5.89. The Morgan fingerprint density at radius 3 is 2.78 bits per heavy atom. The highest BCUT2D eigenvalue weighted by atomic mass is 16.6. The zero-order valence-corrected chi connectivity index (χ0v) is 10.9. The molecule has 2 rings (SSSR count). The predicted octanol–water partition coefficient (Wildman–Crippen LogP) is 3.48. The van der Waals surface area contributed by atoms with Crippen LogP contribution in [0.3, 0.4) is 0 Å². The second kappa shape index (κ2) is 4.33. The van der Waals surface area contributed by atoms with E-state index in [-0.39, 0.29) is 0 Å². The Labute approximate surface area is 105 Å². The summed E-state index contributed by atoms with van der Waals surface area (Å²) >= 11 is 0. The first kappa shape index (κ1) is 12.4. The van der Waals surface area contributed by atoms with E-state index >= 15 is 0 Å². The second-order valence-corrected chi connectivity index (χ2v) is 5.11. The van der Waals surface area contributed by atoms with E-state index in [9.17, 15) is 4.79 Å². The molecule has 0 bridgehead atoms. The van der Waals surface area contributed by atoms with E-state index in [4.69, 9.17) is 9.26 Å². The molecule has 2 aromatic rings. The highest BCUT2D eigenvalue weighted by Crippen LogP contribution is 2.22. The Kier molecular flexibility index (Phi) is 2.98. The maximum atomic E-state index is 11.6. The summed E-state index contributed by atoms with van der Waals surface area (Å²) in [4.78, 5) is 11.6. The van der Waals surface area contributed by atoms with E-state index in [2.05, 4.69) is 10.5 Å². The zero-order valence-electron chi connectivity index (χ0n) is 10.9. The minimum absolute atomic E-state index is 0.488. The fourth-order valence-electron chi connectivity index (χ4n) is 1.56. The molecule has 1 amide bonds. The fourth-order valence-corrected chi connectivity index (χ4v) is 1.56. The molecule has 1 aromatic heterocycles. The third-order valence-corrected chi connectivity index (χ3v) is 2.30. The standard InChI is InChI=1S/C13H16N2O3/c1-8-10-6-5-9(7-11(10)18-15-8)14-12(16)17-13(2,3)4/h5-7H,1-4H3,(H,14,16). The van der Waals surface area contributed by atoms with Gasteiger partial charge in [0.25, 0.3) is 0 Å². The van der Waals surface area contributed by atoms with Gasteiger partial charge in [-0.25, -0.2) is 4.79 Å². The van der Waals surface area contributed by atoms with E-state index in [0.717, 1.165) is 11.1 Å². The second-order valence-electron chi connectivity index (χ2n) is 5.11. The molecule has 0 radical (unpaired) electrons. The number of fused-ring (bicyclic) bond motifs is 1. The van der Waals surface area contributed by atoms with Crippen LogP contribution in [0.15, 0.2) is 22.7 Å². The van der Waals surface area contributed by atoms with Crippen LogP contribution in [-0.2, 0) is 4.74 Å². The number of anilines is 1. The Balaban J connectivity index is 2.15. The van der Waals surface area contributed by atoms with Crippen molar-refractivity contribution >= 4 is 22.7 Å².